The van der Waals surface area contributed by atoms with Crippen LogP contribution in [0.25, 0.3) is 32.7 Å². The van der Waals surface area contributed by atoms with Crippen molar-refractivity contribution in [2.75, 3.05) is 7.11 Å². The molecule has 0 saturated carbocycles. The molecule has 0 aromatic heterocycles. The van der Waals surface area contributed by atoms with Gasteiger partial charge in [-0.05, 0) is 33.7 Å². The number of rotatable bonds is 3. The van der Waals surface area contributed by atoms with Gasteiger partial charge in [0.25, 0.3) is 0 Å². The smallest absolute Gasteiger partial charge is 0.145 e. The SMILES string of the molecule is COc1c(Cl)cc2ccccc2c1-c1c(S(=O)Br)c(Cl)cc2ccccc12. The minimum Gasteiger partial charge on any atom is -0.495 e. The molecule has 0 amide bonds. The third kappa shape index (κ3) is 3.15. The molecule has 4 aromatic rings. The Labute approximate surface area is 176 Å². The highest BCUT2D eigenvalue weighted by atomic mass is 79.9. The van der Waals surface area contributed by atoms with Crippen LogP contribution in [0.3, 0.4) is 0 Å². The van der Waals surface area contributed by atoms with Crippen molar-refractivity contribution < 1.29 is 8.95 Å². The minimum atomic E-state index is -1.49. The van der Waals surface area contributed by atoms with Gasteiger partial charge in [0.2, 0.25) is 0 Å². The van der Waals surface area contributed by atoms with Crippen molar-refractivity contribution in [3.8, 4) is 16.9 Å². The summed E-state index contributed by atoms with van der Waals surface area (Å²) in [5, 5.41) is 4.70. The van der Waals surface area contributed by atoms with Gasteiger partial charge in [-0.15, -0.1) is 0 Å². The van der Waals surface area contributed by atoms with Crippen LogP contribution < -0.4 is 4.74 Å². The molecule has 2 nitrogen and oxygen atoms in total. The van der Waals surface area contributed by atoms with E-state index < -0.39 is 9.23 Å². The van der Waals surface area contributed by atoms with Gasteiger partial charge in [-0.25, -0.2) is 4.21 Å². The van der Waals surface area contributed by atoms with Gasteiger partial charge < -0.3 is 4.74 Å². The van der Waals surface area contributed by atoms with Gasteiger partial charge in [0, 0.05) is 25.9 Å². The van der Waals surface area contributed by atoms with Crippen molar-refractivity contribution in [3.63, 3.8) is 0 Å². The molecule has 0 N–H and O–H groups in total. The molecule has 1 atom stereocenters. The zero-order valence-electron chi connectivity index (χ0n) is 14.1. The van der Waals surface area contributed by atoms with Gasteiger partial charge >= 0.3 is 0 Å². The van der Waals surface area contributed by atoms with E-state index in [1.54, 1.807) is 7.11 Å². The maximum Gasteiger partial charge on any atom is 0.145 e. The Morgan fingerprint density at radius 2 is 1.37 bits per heavy atom. The van der Waals surface area contributed by atoms with Crippen molar-refractivity contribution in [2.45, 2.75) is 4.90 Å². The molecule has 4 rings (SSSR count). The van der Waals surface area contributed by atoms with E-state index in [9.17, 15) is 4.21 Å². The average Bonchev–Trinajstić information content (AvgIpc) is 2.65. The monoisotopic (exact) mass is 478 g/mol. The van der Waals surface area contributed by atoms with Crippen LogP contribution in [0.2, 0.25) is 10.0 Å². The van der Waals surface area contributed by atoms with Crippen LogP contribution >= 0.6 is 38.0 Å². The van der Waals surface area contributed by atoms with Gasteiger partial charge in [-0.3, -0.25) is 0 Å². The summed E-state index contributed by atoms with van der Waals surface area (Å²) in [4.78, 5) is 0.501. The summed E-state index contributed by atoms with van der Waals surface area (Å²) in [7, 11) is 0.0939. The number of fused-ring (bicyclic) bond motifs is 2. The zero-order chi connectivity index (χ0) is 19.1. The summed E-state index contributed by atoms with van der Waals surface area (Å²) in [5.74, 6) is 0.530. The molecular weight excluding hydrogens is 467 g/mol. The normalized spacial score (nSPS) is 12.4. The lowest BCUT2D eigenvalue weighted by atomic mass is 9.93. The van der Waals surface area contributed by atoms with Crippen LogP contribution in [0.1, 0.15) is 0 Å². The van der Waals surface area contributed by atoms with Crippen LogP contribution in [-0.4, -0.2) is 11.3 Å². The Bertz CT molecular complexity index is 1220. The van der Waals surface area contributed by atoms with Crippen molar-refractivity contribution in [1.82, 2.24) is 0 Å². The van der Waals surface area contributed by atoms with Crippen molar-refractivity contribution in [2.24, 2.45) is 0 Å². The highest BCUT2D eigenvalue weighted by Crippen LogP contribution is 2.48. The first-order valence-electron chi connectivity index (χ1n) is 8.07. The molecule has 1 unspecified atom stereocenters. The van der Waals surface area contributed by atoms with E-state index in [1.165, 1.54) is 0 Å². The van der Waals surface area contributed by atoms with Crippen LogP contribution in [0.5, 0.6) is 5.75 Å². The second-order valence-electron chi connectivity index (χ2n) is 5.99. The molecule has 4 aromatic carbocycles. The lowest BCUT2D eigenvalue weighted by Crippen LogP contribution is -1.97. The molecule has 0 bridgehead atoms. The maximum atomic E-state index is 12.6. The Balaban J connectivity index is 2.31. The average molecular weight is 480 g/mol. The summed E-state index contributed by atoms with van der Waals surface area (Å²) in [6.45, 7) is 0. The molecule has 6 heteroatoms. The van der Waals surface area contributed by atoms with Crippen LogP contribution in [0.4, 0.5) is 0 Å². The fourth-order valence-corrected chi connectivity index (χ4v) is 6.03. The summed E-state index contributed by atoms with van der Waals surface area (Å²) in [5.41, 5.74) is 1.53. The van der Waals surface area contributed by atoms with E-state index in [2.05, 4.69) is 14.8 Å². The predicted octanol–water partition coefficient (Wildman–Crippen LogP) is 7.39. The van der Waals surface area contributed by atoms with E-state index >= 15 is 0 Å². The Morgan fingerprint density at radius 3 is 1.93 bits per heavy atom. The lowest BCUT2D eigenvalue weighted by Gasteiger charge is -2.19. The first-order valence-corrected chi connectivity index (χ1v) is 11.8. The summed E-state index contributed by atoms with van der Waals surface area (Å²) in [6, 6.07) is 19.4. The first kappa shape index (κ1) is 18.8. The number of halogens is 3. The van der Waals surface area contributed by atoms with Crippen molar-refractivity contribution in [1.29, 1.82) is 0 Å². The summed E-state index contributed by atoms with van der Waals surface area (Å²) >= 11 is 16.3. The molecule has 0 spiro atoms. The molecular formula is C21H13BrCl2O2S. The Kier molecular flexibility index (Phi) is 5.17. The van der Waals surface area contributed by atoms with Crippen LogP contribution in [-0.2, 0) is 9.23 Å². The van der Waals surface area contributed by atoms with E-state index in [0.29, 0.717) is 20.7 Å². The number of hydrogen-bond acceptors (Lipinski definition) is 2. The topological polar surface area (TPSA) is 26.3 Å². The predicted molar refractivity (Wildman–Crippen MR) is 119 cm³/mol. The van der Waals surface area contributed by atoms with Crippen LogP contribution in [0, 0.1) is 0 Å². The van der Waals surface area contributed by atoms with Gasteiger partial charge in [-0.2, -0.15) is 0 Å². The summed E-state index contributed by atoms with van der Waals surface area (Å²) < 4.78 is 18.3. The van der Waals surface area contributed by atoms with E-state index in [-0.39, 0.29) is 0 Å². The van der Waals surface area contributed by atoms with Gasteiger partial charge in [0.1, 0.15) is 15.0 Å². The van der Waals surface area contributed by atoms with Gasteiger partial charge in [0.15, 0.2) is 0 Å². The number of ether oxygens (including phenoxy) is 1. The third-order valence-electron chi connectivity index (χ3n) is 4.53. The highest BCUT2D eigenvalue weighted by Gasteiger charge is 2.24. The van der Waals surface area contributed by atoms with Crippen molar-refractivity contribution in [3.05, 3.63) is 70.7 Å². The largest absolute Gasteiger partial charge is 0.495 e. The van der Waals surface area contributed by atoms with E-state index in [1.807, 2.05) is 60.7 Å². The molecule has 136 valence electrons. The highest BCUT2D eigenvalue weighted by molar-refractivity contribution is 9.46. The number of hydrogen-bond donors (Lipinski definition) is 0. The molecule has 0 radical (unpaired) electrons. The number of benzene rings is 4. The van der Waals surface area contributed by atoms with Gasteiger partial charge in [0.05, 0.1) is 22.1 Å². The quantitative estimate of drug-likeness (QED) is 0.286. The van der Waals surface area contributed by atoms with Crippen LogP contribution in [0.15, 0.2) is 65.6 Å². The molecule has 0 aliphatic rings. The Morgan fingerprint density at radius 1 is 0.852 bits per heavy atom. The number of methoxy groups -OCH3 is 1. The third-order valence-corrected chi connectivity index (χ3v) is 6.93. The zero-order valence-corrected chi connectivity index (χ0v) is 18.0. The lowest BCUT2D eigenvalue weighted by molar-refractivity contribution is 0.417. The molecule has 0 aliphatic heterocycles. The van der Waals surface area contributed by atoms with E-state index in [0.717, 1.165) is 32.7 Å². The maximum absolute atomic E-state index is 12.6. The first-order chi connectivity index (χ1) is 13.0. The molecule has 0 heterocycles. The fraction of sp³-hybridized carbons (Fsp3) is 0.0476. The van der Waals surface area contributed by atoms with E-state index in [4.69, 9.17) is 27.9 Å². The second-order valence-corrected chi connectivity index (χ2v) is 9.43. The van der Waals surface area contributed by atoms with Gasteiger partial charge in [-0.1, -0.05) is 71.7 Å². The molecule has 0 fully saturated rings. The summed E-state index contributed by atoms with van der Waals surface area (Å²) in [6.07, 6.45) is 0. The Hall–Kier alpha value is -1.59. The molecule has 0 aliphatic carbocycles. The second kappa shape index (κ2) is 7.44. The minimum absolute atomic E-state index is 0.421. The standard InChI is InChI=1S/C21H13BrCl2O2S/c1-26-20-16(23)10-12-6-2-4-8-14(12)18(20)19-15-9-5-3-7-13(15)11-17(24)21(19)27(22)25/h2-11H,1H3. The van der Waals surface area contributed by atoms with Crippen molar-refractivity contribution >= 4 is 68.8 Å². The fourth-order valence-electron chi connectivity index (χ4n) is 3.44. The molecule has 0 saturated heterocycles. The molecule has 27 heavy (non-hydrogen) atoms.